The van der Waals surface area contributed by atoms with Gasteiger partial charge in [-0.3, -0.25) is 9.69 Å². The van der Waals surface area contributed by atoms with E-state index in [9.17, 15) is 4.79 Å². The maximum Gasteiger partial charge on any atom is 0.227 e. The smallest absolute Gasteiger partial charge is 0.227 e. The molecule has 0 bridgehead atoms. The Labute approximate surface area is 157 Å². The van der Waals surface area contributed by atoms with E-state index < -0.39 is 0 Å². The Morgan fingerprint density at radius 2 is 2.04 bits per heavy atom. The van der Waals surface area contributed by atoms with Crippen LogP contribution < -0.4 is 10.6 Å². The van der Waals surface area contributed by atoms with Gasteiger partial charge in [0, 0.05) is 50.4 Å². The van der Waals surface area contributed by atoms with Crippen LogP contribution in [0.3, 0.4) is 0 Å². The molecule has 2 atom stereocenters. The first-order chi connectivity index (χ1) is 11.6. The molecule has 2 saturated heterocycles. The van der Waals surface area contributed by atoms with E-state index in [2.05, 4.69) is 46.5 Å². The highest BCUT2D eigenvalue weighted by atomic mass is 35.5. The fourth-order valence-corrected chi connectivity index (χ4v) is 3.63. The van der Waals surface area contributed by atoms with E-state index in [0.29, 0.717) is 6.04 Å². The molecule has 0 unspecified atom stereocenters. The molecule has 25 heavy (non-hydrogen) atoms. The van der Waals surface area contributed by atoms with Gasteiger partial charge in [-0.1, -0.05) is 12.1 Å². The molecule has 0 spiro atoms. The summed E-state index contributed by atoms with van der Waals surface area (Å²) in [5.41, 5.74) is 2.20. The van der Waals surface area contributed by atoms with Crippen molar-refractivity contribution >= 4 is 24.0 Å². The quantitative estimate of drug-likeness (QED) is 0.857. The molecule has 1 aromatic carbocycles. The van der Waals surface area contributed by atoms with E-state index >= 15 is 0 Å². The first kappa shape index (κ1) is 20.2. The second-order valence-corrected chi connectivity index (χ2v) is 7.35. The van der Waals surface area contributed by atoms with Crippen LogP contribution in [0.5, 0.6) is 0 Å². The van der Waals surface area contributed by atoms with E-state index in [0.717, 1.165) is 57.8 Å². The minimum Gasteiger partial charge on any atom is -0.326 e. The number of carbonyl (C=O) groups is 1. The molecule has 2 heterocycles. The molecule has 0 aliphatic carbocycles. The fraction of sp³-hybridized carbons (Fsp3) is 0.632. The number of hydrogen-bond acceptors (Lipinski definition) is 4. The molecule has 3 rings (SSSR count). The predicted octanol–water partition coefficient (Wildman–Crippen LogP) is 2.18. The third-order valence-electron chi connectivity index (χ3n) is 5.19. The second-order valence-electron chi connectivity index (χ2n) is 7.35. The number of nitrogens with zero attached hydrogens (tertiary/aromatic N) is 2. The topological polar surface area (TPSA) is 47.6 Å². The normalized spacial score (nSPS) is 25.2. The third-order valence-corrected chi connectivity index (χ3v) is 5.19. The lowest BCUT2D eigenvalue weighted by atomic mass is 9.92. The zero-order chi connectivity index (χ0) is 16.9. The van der Waals surface area contributed by atoms with Crippen LogP contribution in [0.4, 0.5) is 5.69 Å². The summed E-state index contributed by atoms with van der Waals surface area (Å²) in [5, 5.41) is 6.52. The maximum atomic E-state index is 12.5. The highest BCUT2D eigenvalue weighted by molar-refractivity contribution is 5.92. The van der Waals surface area contributed by atoms with Gasteiger partial charge in [0.25, 0.3) is 0 Å². The number of benzene rings is 1. The summed E-state index contributed by atoms with van der Waals surface area (Å²) >= 11 is 0. The monoisotopic (exact) mass is 366 g/mol. The zero-order valence-corrected chi connectivity index (χ0v) is 16.1. The van der Waals surface area contributed by atoms with Crippen molar-refractivity contribution in [2.24, 2.45) is 5.92 Å². The van der Waals surface area contributed by atoms with Gasteiger partial charge in [0.15, 0.2) is 0 Å². The minimum absolute atomic E-state index is 0. The van der Waals surface area contributed by atoms with Crippen LogP contribution in [0, 0.1) is 5.92 Å². The maximum absolute atomic E-state index is 12.5. The van der Waals surface area contributed by atoms with Crippen molar-refractivity contribution in [1.82, 2.24) is 15.1 Å². The Hall–Kier alpha value is -1.14. The van der Waals surface area contributed by atoms with Crippen LogP contribution in [0.1, 0.15) is 25.3 Å². The van der Waals surface area contributed by atoms with E-state index in [-0.39, 0.29) is 24.2 Å². The number of anilines is 1. The number of carbonyl (C=O) groups excluding carboxylic acids is 1. The Morgan fingerprint density at radius 3 is 2.76 bits per heavy atom. The highest BCUT2D eigenvalue weighted by Gasteiger charge is 2.24. The van der Waals surface area contributed by atoms with Crippen molar-refractivity contribution in [3.63, 3.8) is 0 Å². The second kappa shape index (κ2) is 9.53. The largest absolute Gasteiger partial charge is 0.326 e. The number of hydrogen-bond donors (Lipinski definition) is 2. The Balaban J connectivity index is 0.00000225. The van der Waals surface area contributed by atoms with Crippen LogP contribution in [0.25, 0.3) is 0 Å². The van der Waals surface area contributed by atoms with Gasteiger partial charge in [-0.15, -0.1) is 12.4 Å². The van der Waals surface area contributed by atoms with Crippen molar-refractivity contribution in [1.29, 1.82) is 0 Å². The molecule has 2 N–H and O–H groups in total. The lowest BCUT2D eigenvalue weighted by Gasteiger charge is -2.32. The van der Waals surface area contributed by atoms with Gasteiger partial charge in [0.05, 0.1) is 0 Å². The SMILES string of the molecule is C[C@H]1C[C@@H](C(=O)Nc2cccc(CN3CCN(C)CC3)c2)CCN1.Cl. The number of nitrogens with one attached hydrogen (secondary N) is 2. The fourth-order valence-electron chi connectivity index (χ4n) is 3.63. The first-order valence-corrected chi connectivity index (χ1v) is 9.14. The van der Waals surface area contributed by atoms with Gasteiger partial charge < -0.3 is 15.5 Å². The first-order valence-electron chi connectivity index (χ1n) is 9.14. The van der Waals surface area contributed by atoms with Crippen molar-refractivity contribution in [2.45, 2.75) is 32.4 Å². The van der Waals surface area contributed by atoms with Gasteiger partial charge in [0.2, 0.25) is 5.91 Å². The summed E-state index contributed by atoms with van der Waals surface area (Å²) in [7, 11) is 2.18. The number of rotatable bonds is 4. The minimum atomic E-state index is 0. The summed E-state index contributed by atoms with van der Waals surface area (Å²) in [6.07, 6.45) is 1.85. The lowest BCUT2D eigenvalue weighted by Crippen LogP contribution is -2.43. The Kier molecular flexibility index (Phi) is 7.69. The number of halogens is 1. The standard InChI is InChI=1S/C19H30N4O.ClH/c1-15-12-17(6-7-20-15)19(24)21-18-5-3-4-16(13-18)14-23-10-8-22(2)9-11-23;/h3-5,13,15,17,20H,6-12,14H2,1-2H3,(H,21,24);1H/t15-,17-;/m0./s1. The van der Waals surface area contributed by atoms with Gasteiger partial charge in [-0.25, -0.2) is 0 Å². The average Bonchev–Trinajstić information content (AvgIpc) is 2.57. The summed E-state index contributed by atoms with van der Waals surface area (Å²) in [6, 6.07) is 8.75. The number of amides is 1. The molecule has 2 aliphatic heterocycles. The van der Waals surface area contributed by atoms with E-state index in [1.807, 2.05) is 12.1 Å². The van der Waals surface area contributed by atoms with Crippen LogP contribution in [-0.2, 0) is 11.3 Å². The molecular formula is C19H31ClN4O. The molecule has 5 nitrogen and oxygen atoms in total. The van der Waals surface area contributed by atoms with Gasteiger partial charge >= 0.3 is 0 Å². The molecular weight excluding hydrogens is 336 g/mol. The van der Waals surface area contributed by atoms with E-state index in [1.165, 1.54) is 5.56 Å². The molecule has 0 saturated carbocycles. The Bertz CT molecular complexity index is 560. The summed E-state index contributed by atoms with van der Waals surface area (Å²) in [6.45, 7) is 8.52. The van der Waals surface area contributed by atoms with Gasteiger partial charge in [-0.2, -0.15) is 0 Å². The summed E-state index contributed by atoms with van der Waals surface area (Å²) in [5.74, 6) is 0.294. The van der Waals surface area contributed by atoms with Crippen LogP contribution >= 0.6 is 12.4 Å². The molecule has 0 radical (unpaired) electrons. The zero-order valence-electron chi connectivity index (χ0n) is 15.3. The molecule has 1 aromatic rings. The molecule has 0 aromatic heterocycles. The predicted molar refractivity (Wildman–Crippen MR) is 105 cm³/mol. The van der Waals surface area contributed by atoms with E-state index in [4.69, 9.17) is 0 Å². The van der Waals surface area contributed by atoms with E-state index in [1.54, 1.807) is 0 Å². The summed E-state index contributed by atoms with van der Waals surface area (Å²) in [4.78, 5) is 17.3. The van der Waals surface area contributed by atoms with Crippen molar-refractivity contribution in [3.8, 4) is 0 Å². The molecule has 6 heteroatoms. The lowest BCUT2D eigenvalue weighted by molar-refractivity contribution is -0.120. The third kappa shape index (κ3) is 5.96. The number of piperidine rings is 1. The van der Waals surface area contributed by atoms with Crippen molar-refractivity contribution in [2.75, 3.05) is 45.1 Å². The molecule has 140 valence electrons. The average molecular weight is 367 g/mol. The van der Waals surface area contributed by atoms with Crippen LogP contribution in [0.2, 0.25) is 0 Å². The summed E-state index contributed by atoms with van der Waals surface area (Å²) < 4.78 is 0. The molecule has 2 fully saturated rings. The van der Waals surface area contributed by atoms with Crippen LogP contribution in [0.15, 0.2) is 24.3 Å². The van der Waals surface area contributed by atoms with Crippen molar-refractivity contribution in [3.05, 3.63) is 29.8 Å². The molecule has 1 amide bonds. The van der Waals surface area contributed by atoms with Crippen LogP contribution in [-0.4, -0.2) is 61.5 Å². The highest BCUT2D eigenvalue weighted by Crippen LogP contribution is 2.20. The number of likely N-dealkylation sites (N-methyl/N-ethyl adjacent to an activating group) is 1. The van der Waals surface area contributed by atoms with Crippen molar-refractivity contribution < 1.29 is 4.79 Å². The number of piperazine rings is 1. The Morgan fingerprint density at radius 1 is 1.28 bits per heavy atom. The van der Waals surface area contributed by atoms with Gasteiger partial charge in [-0.05, 0) is 51.1 Å². The molecule has 2 aliphatic rings. The van der Waals surface area contributed by atoms with Gasteiger partial charge in [0.1, 0.15) is 0 Å².